The van der Waals surface area contributed by atoms with E-state index >= 15 is 0 Å². The first-order chi connectivity index (χ1) is 18.6. The average molecular weight is 539 g/mol. The smallest absolute Gasteiger partial charge is 0.335 e. The number of hydrogen-bond acceptors (Lipinski definition) is 9. The van der Waals surface area contributed by atoms with Gasteiger partial charge in [0.15, 0.2) is 6.23 Å². The van der Waals surface area contributed by atoms with Crippen molar-refractivity contribution in [2.24, 2.45) is 11.8 Å². The molecule has 1 aliphatic carbocycles. The van der Waals surface area contributed by atoms with E-state index in [2.05, 4.69) is 4.98 Å². The Morgan fingerprint density at radius 3 is 2.38 bits per heavy atom. The Morgan fingerprint density at radius 2 is 1.74 bits per heavy atom. The zero-order chi connectivity index (χ0) is 28.0. The molecular weight excluding hydrogens is 514 g/mol. The van der Waals surface area contributed by atoms with E-state index in [1.54, 1.807) is 19.1 Å². The minimum Gasteiger partial charge on any atom is -0.478 e. The van der Waals surface area contributed by atoms with Gasteiger partial charge in [-0.2, -0.15) is 0 Å². The number of hydrogen-bond donors (Lipinski definition) is 4. The predicted molar refractivity (Wildman–Crippen MR) is 133 cm³/mol. The lowest BCUT2D eigenvalue weighted by Gasteiger charge is -2.26. The van der Waals surface area contributed by atoms with E-state index in [4.69, 9.17) is 14.6 Å². The third-order valence-corrected chi connectivity index (χ3v) is 7.07. The van der Waals surface area contributed by atoms with Gasteiger partial charge < -0.3 is 24.8 Å². The van der Waals surface area contributed by atoms with Crippen LogP contribution in [0.2, 0.25) is 0 Å². The second-order valence-corrected chi connectivity index (χ2v) is 9.46. The van der Waals surface area contributed by atoms with Crippen LogP contribution in [0.4, 0.5) is 5.69 Å². The molecule has 4 N–H and O–H groups in total. The summed E-state index contributed by atoms with van der Waals surface area (Å²) in [6.45, 7) is 1.03. The minimum absolute atomic E-state index is 0.00607. The Morgan fingerprint density at radius 1 is 1.05 bits per heavy atom. The highest BCUT2D eigenvalue weighted by Gasteiger charge is 2.48. The van der Waals surface area contributed by atoms with Crippen LogP contribution >= 0.6 is 0 Å². The van der Waals surface area contributed by atoms with E-state index in [1.807, 2.05) is 0 Å². The van der Waals surface area contributed by atoms with Crippen LogP contribution < -0.4 is 16.1 Å². The maximum Gasteiger partial charge on any atom is 0.335 e. The topological polar surface area (TPSA) is 188 Å². The first-order valence-corrected chi connectivity index (χ1v) is 12.1. The van der Waals surface area contributed by atoms with Crippen LogP contribution in [-0.4, -0.2) is 74.2 Å². The van der Waals surface area contributed by atoms with Gasteiger partial charge in [0.05, 0.1) is 24.5 Å². The van der Waals surface area contributed by atoms with Crippen molar-refractivity contribution in [1.82, 2.24) is 9.55 Å². The number of aliphatic hydroxyl groups is 2. The number of nitrogens with one attached hydrogen (secondary N) is 1. The lowest BCUT2D eigenvalue weighted by Crippen LogP contribution is -2.40. The van der Waals surface area contributed by atoms with Crippen molar-refractivity contribution >= 4 is 23.5 Å². The fourth-order valence-electron chi connectivity index (χ4n) is 5.10. The van der Waals surface area contributed by atoms with Crippen LogP contribution in [0, 0.1) is 11.8 Å². The number of allylic oxidation sites excluding steroid dienone is 1. The molecule has 6 atom stereocenters. The van der Waals surface area contributed by atoms with Crippen molar-refractivity contribution in [3.05, 3.63) is 86.2 Å². The van der Waals surface area contributed by atoms with E-state index in [9.17, 15) is 34.2 Å². The Balaban J connectivity index is 1.40. The fourth-order valence-corrected chi connectivity index (χ4v) is 5.10. The quantitative estimate of drug-likeness (QED) is 0.265. The first kappa shape index (κ1) is 26.4. The second-order valence-electron chi connectivity index (χ2n) is 9.46. The Kier molecular flexibility index (Phi) is 6.91. The molecule has 3 heterocycles. The van der Waals surface area contributed by atoms with Crippen LogP contribution in [0.25, 0.3) is 0 Å². The van der Waals surface area contributed by atoms with Gasteiger partial charge in [-0.1, -0.05) is 19.1 Å². The zero-order valence-corrected chi connectivity index (χ0v) is 20.6. The van der Waals surface area contributed by atoms with Gasteiger partial charge in [0, 0.05) is 35.2 Å². The van der Waals surface area contributed by atoms with Crippen LogP contribution in [0.1, 0.15) is 23.5 Å². The SMILES string of the molecule is CC1C=CC(COC2C(O)[C@@H](CO)O[C@H]2n2ccc(=O)[nH]c2=O)C2=C1C(=O)N(c1ccc(C(=O)O)cc1)C2=O. The molecule has 39 heavy (non-hydrogen) atoms. The summed E-state index contributed by atoms with van der Waals surface area (Å²) in [7, 11) is 0. The summed E-state index contributed by atoms with van der Waals surface area (Å²) in [5, 5.41) is 29.5. The van der Waals surface area contributed by atoms with E-state index in [1.165, 1.54) is 30.5 Å². The number of rotatable bonds is 7. The van der Waals surface area contributed by atoms with E-state index < -0.39 is 66.1 Å². The van der Waals surface area contributed by atoms with Gasteiger partial charge in [0.1, 0.15) is 18.3 Å². The number of carbonyl (C=O) groups is 3. The zero-order valence-electron chi connectivity index (χ0n) is 20.6. The third-order valence-electron chi connectivity index (χ3n) is 7.07. The summed E-state index contributed by atoms with van der Waals surface area (Å²) in [5.41, 5.74) is -0.709. The van der Waals surface area contributed by atoms with Gasteiger partial charge >= 0.3 is 11.7 Å². The van der Waals surface area contributed by atoms with Crippen molar-refractivity contribution in [3.8, 4) is 0 Å². The molecular formula is C26H25N3O10. The van der Waals surface area contributed by atoms with Crippen molar-refractivity contribution in [1.29, 1.82) is 0 Å². The van der Waals surface area contributed by atoms with Crippen LogP contribution in [0.15, 0.2) is 69.4 Å². The highest BCUT2D eigenvalue weighted by molar-refractivity contribution is 6.33. The number of H-pyrrole nitrogens is 1. The summed E-state index contributed by atoms with van der Waals surface area (Å²) in [5.74, 6) is -3.31. The van der Waals surface area contributed by atoms with Gasteiger partial charge in [-0.25, -0.2) is 14.5 Å². The molecule has 204 valence electrons. The highest BCUT2D eigenvalue weighted by Crippen LogP contribution is 2.40. The van der Waals surface area contributed by atoms with Gasteiger partial charge in [0.25, 0.3) is 17.4 Å². The number of nitrogens with zero attached hydrogens (tertiary/aromatic N) is 2. The van der Waals surface area contributed by atoms with Gasteiger partial charge in [-0.3, -0.25) is 23.9 Å². The molecule has 0 spiro atoms. The number of imide groups is 1. The number of anilines is 1. The number of ether oxygens (including phenoxy) is 2. The van der Waals surface area contributed by atoms with Crippen molar-refractivity contribution in [2.45, 2.75) is 31.5 Å². The van der Waals surface area contributed by atoms with Crippen molar-refractivity contribution in [3.63, 3.8) is 0 Å². The van der Waals surface area contributed by atoms with Gasteiger partial charge in [-0.05, 0) is 24.3 Å². The largest absolute Gasteiger partial charge is 0.478 e. The number of aromatic carboxylic acids is 1. The molecule has 13 nitrogen and oxygen atoms in total. The average Bonchev–Trinajstić information content (AvgIpc) is 3.36. The molecule has 1 aromatic carbocycles. The lowest BCUT2D eigenvalue weighted by atomic mass is 9.84. The number of carbonyl (C=O) groups excluding carboxylic acids is 2. The lowest BCUT2D eigenvalue weighted by molar-refractivity contribution is -0.121. The normalized spacial score (nSPS) is 28.3. The molecule has 1 aromatic heterocycles. The van der Waals surface area contributed by atoms with E-state index in [-0.39, 0.29) is 34.9 Å². The highest BCUT2D eigenvalue weighted by atomic mass is 16.6. The van der Waals surface area contributed by atoms with Crippen LogP contribution in [0.5, 0.6) is 0 Å². The Hall–Kier alpha value is -4.17. The number of amides is 2. The summed E-state index contributed by atoms with van der Waals surface area (Å²) < 4.78 is 12.6. The Labute approximate surface area is 220 Å². The summed E-state index contributed by atoms with van der Waals surface area (Å²) >= 11 is 0. The molecule has 2 aromatic rings. The molecule has 1 fully saturated rings. The first-order valence-electron chi connectivity index (χ1n) is 12.1. The third kappa shape index (κ3) is 4.55. The van der Waals surface area contributed by atoms with E-state index in [0.29, 0.717) is 0 Å². The minimum atomic E-state index is -1.34. The fraction of sp³-hybridized carbons (Fsp3) is 0.346. The van der Waals surface area contributed by atoms with Crippen LogP contribution in [0.3, 0.4) is 0 Å². The maximum absolute atomic E-state index is 13.5. The molecule has 13 heteroatoms. The molecule has 5 rings (SSSR count). The van der Waals surface area contributed by atoms with E-state index in [0.717, 1.165) is 15.5 Å². The standard InChI is InChI=1S/C26H25N3O10/c1-12-2-3-14(19-18(12)22(33)29(23(19)34)15-6-4-13(5-7-15)25(35)36)11-38-21-20(32)16(10-30)39-24(21)28-9-8-17(31)27-26(28)37/h2-9,12,14,16,20-21,24,30,32H,10-11H2,1H3,(H,35,36)(H,27,31,37)/t12?,14?,16-,20?,21?,24-/m1/s1. The monoisotopic (exact) mass is 539 g/mol. The van der Waals surface area contributed by atoms with Gasteiger partial charge in [-0.15, -0.1) is 0 Å². The molecule has 2 amide bonds. The molecule has 0 radical (unpaired) electrons. The van der Waals surface area contributed by atoms with Crippen molar-refractivity contribution in [2.75, 3.05) is 18.1 Å². The van der Waals surface area contributed by atoms with Crippen LogP contribution in [-0.2, 0) is 19.1 Å². The molecule has 3 aliphatic rings. The maximum atomic E-state index is 13.5. The number of aromatic nitrogens is 2. The van der Waals surface area contributed by atoms with Crippen molar-refractivity contribution < 1.29 is 39.2 Å². The summed E-state index contributed by atoms with van der Waals surface area (Å²) in [6, 6.07) is 6.47. The second kappa shape index (κ2) is 10.2. The summed E-state index contributed by atoms with van der Waals surface area (Å²) in [4.78, 5) is 65.0. The van der Waals surface area contributed by atoms with Gasteiger partial charge in [0.2, 0.25) is 0 Å². The number of aromatic amines is 1. The number of carboxylic acids is 1. The number of aliphatic hydroxyl groups excluding tert-OH is 2. The molecule has 2 aliphatic heterocycles. The number of carboxylic acid groups (broad SMARTS) is 1. The molecule has 4 unspecified atom stereocenters. The molecule has 1 saturated heterocycles. The summed E-state index contributed by atoms with van der Waals surface area (Å²) in [6.07, 6.45) is -0.0979. The number of benzene rings is 1. The Bertz CT molecular complexity index is 1500. The molecule has 0 bridgehead atoms. The molecule has 0 saturated carbocycles. The predicted octanol–water partition coefficient (Wildman–Crippen LogP) is -0.437.